The minimum atomic E-state index is 0.303. The molecule has 0 aliphatic rings. The number of hydrogen-bond donors (Lipinski definition) is 2. The van der Waals surface area contributed by atoms with Gasteiger partial charge in [-0.3, -0.25) is 4.99 Å². The fourth-order valence-electron chi connectivity index (χ4n) is 3.04. The summed E-state index contributed by atoms with van der Waals surface area (Å²) in [5, 5.41) is 12.7. The maximum Gasteiger partial charge on any atom is 0.193 e. The maximum atomic E-state index is 9.36. The molecule has 0 aromatic heterocycles. The number of guanidine groups is 1. The molecule has 0 aliphatic carbocycles. The summed E-state index contributed by atoms with van der Waals surface area (Å²) in [4.78, 5) is 6.91. The van der Waals surface area contributed by atoms with Gasteiger partial charge in [-0.25, -0.2) is 0 Å². The van der Waals surface area contributed by atoms with E-state index >= 15 is 0 Å². The van der Waals surface area contributed by atoms with E-state index in [1.165, 1.54) is 11.1 Å². The zero-order valence-electron chi connectivity index (χ0n) is 17.9. The summed E-state index contributed by atoms with van der Waals surface area (Å²) in [5.41, 5.74) is 2.41. The molecule has 6 heteroatoms. The third-order valence-corrected chi connectivity index (χ3v) is 4.70. The van der Waals surface area contributed by atoms with Crippen LogP contribution in [0, 0.1) is 0 Å². The molecule has 0 amide bonds. The first-order valence-electron chi connectivity index (χ1n) is 10.1. The van der Waals surface area contributed by atoms with Crippen LogP contribution in [0.4, 0.5) is 0 Å². The van der Waals surface area contributed by atoms with Crippen molar-refractivity contribution in [3.8, 4) is 17.2 Å². The SMILES string of the molecule is CCNC(=NCCCc1ccc(O)cc1)N(C)CCc1ccc(OC)c(OC)c1. The third-order valence-electron chi connectivity index (χ3n) is 4.70. The van der Waals surface area contributed by atoms with Crippen LogP contribution in [-0.4, -0.2) is 56.9 Å². The van der Waals surface area contributed by atoms with Gasteiger partial charge in [0.05, 0.1) is 14.2 Å². The minimum Gasteiger partial charge on any atom is -0.508 e. The molecular weight excluding hydrogens is 366 g/mol. The van der Waals surface area contributed by atoms with Gasteiger partial charge >= 0.3 is 0 Å². The first-order chi connectivity index (χ1) is 14.1. The van der Waals surface area contributed by atoms with Gasteiger partial charge in [0.2, 0.25) is 0 Å². The van der Waals surface area contributed by atoms with Gasteiger partial charge in [0, 0.05) is 26.7 Å². The van der Waals surface area contributed by atoms with Crippen molar-refractivity contribution in [3.63, 3.8) is 0 Å². The number of nitrogens with zero attached hydrogens (tertiary/aromatic N) is 2. The molecule has 2 aromatic carbocycles. The van der Waals surface area contributed by atoms with Gasteiger partial charge < -0.3 is 24.8 Å². The average molecular weight is 400 g/mol. The summed E-state index contributed by atoms with van der Waals surface area (Å²) in [6.45, 7) is 4.51. The van der Waals surface area contributed by atoms with Crippen LogP contribution >= 0.6 is 0 Å². The highest BCUT2D eigenvalue weighted by molar-refractivity contribution is 5.79. The molecule has 29 heavy (non-hydrogen) atoms. The molecule has 0 saturated carbocycles. The summed E-state index contributed by atoms with van der Waals surface area (Å²) in [6, 6.07) is 13.4. The average Bonchev–Trinajstić information content (AvgIpc) is 2.75. The first kappa shape index (κ1) is 22.4. The summed E-state index contributed by atoms with van der Waals surface area (Å²) in [5.74, 6) is 2.71. The smallest absolute Gasteiger partial charge is 0.193 e. The Labute approximate surface area is 174 Å². The predicted molar refractivity (Wildman–Crippen MR) is 118 cm³/mol. The van der Waals surface area contributed by atoms with Crippen LogP contribution in [0.3, 0.4) is 0 Å². The molecule has 2 N–H and O–H groups in total. The summed E-state index contributed by atoms with van der Waals surface area (Å²) in [6.07, 6.45) is 2.79. The molecular formula is C23H33N3O3. The zero-order chi connectivity index (χ0) is 21.1. The predicted octanol–water partition coefficient (Wildman–Crippen LogP) is 3.48. The molecule has 158 valence electrons. The fourth-order valence-corrected chi connectivity index (χ4v) is 3.04. The minimum absolute atomic E-state index is 0.303. The van der Waals surface area contributed by atoms with E-state index in [9.17, 15) is 5.11 Å². The van der Waals surface area contributed by atoms with Crippen LogP contribution in [0.2, 0.25) is 0 Å². The molecule has 0 radical (unpaired) electrons. The molecule has 6 nitrogen and oxygen atoms in total. The number of phenols is 1. The van der Waals surface area contributed by atoms with E-state index in [0.29, 0.717) is 5.75 Å². The lowest BCUT2D eigenvalue weighted by Crippen LogP contribution is -2.40. The molecule has 0 spiro atoms. The molecule has 0 fully saturated rings. The molecule has 0 aliphatic heterocycles. The van der Waals surface area contributed by atoms with E-state index in [1.807, 2.05) is 24.3 Å². The number of nitrogens with one attached hydrogen (secondary N) is 1. The Kier molecular flexibility index (Phi) is 9.15. The zero-order valence-corrected chi connectivity index (χ0v) is 17.9. The molecule has 2 rings (SSSR count). The van der Waals surface area contributed by atoms with Gasteiger partial charge in [-0.15, -0.1) is 0 Å². The number of benzene rings is 2. The highest BCUT2D eigenvalue weighted by atomic mass is 16.5. The van der Waals surface area contributed by atoms with Crippen molar-refractivity contribution < 1.29 is 14.6 Å². The van der Waals surface area contributed by atoms with Gasteiger partial charge in [0.1, 0.15) is 5.75 Å². The normalized spacial score (nSPS) is 11.2. The van der Waals surface area contributed by atoms with Crippen LogP contribution < -0.4 is 14.8 Å². The fraction of sp³-hybridized carbons (Fsp3) is 0.435. The van der Waals surface area contributed by atoms with Gasteiger partial charge in [0.25, 0.3) is 0 Å². The molecule has 2 aromatic rings. The van der Waals surface area contributed by atoms with Crippen molar-refractivity contribution in [2.24, 2.45) is 4.99 Å². The number of aliphatic imine (C=N–C) groups is 1. The number of rotatable bonds is 10. The first-order valence-corrected chi connectivity index (χ1v) is 10.1. The summed E-state index contributed by atoms with van der Waals surface area (Å²) >= 11 is 0. The van der Waals surface area contributed by atoms with Crippen molar-refractivity contribution in [2.75, 3.05) is 40.9 Å². The van der Waals surface area contributed by atoms with E-state index in [0.717, 1.165) is 56.4 Å². The molecule has 0 saturated heterocycles. The van der Waals surface area contributed by atoms with Crippen LogP contribution in [0.1, 0.15) is 24.5 Å². The van der Waals surface area contributed by atoms with E-state index in [-0.39, 0.29) is 0 Å². The monoisotopic (exact) mass is 399 g/mol. The van der Waals surface area contributed by atoms with Crippen LogP contribution in [0.5, 0.6) is 17.2 Å². The quantitative estimate of drug-likeness (QED) is 0.364. The molecule has 0 bridgehead atoms. The Bertz CT molecular complexity index is 775. The van der Waals surface area contributed by atoms with Gasteiger partial charge in [-0.1, -0.05) is 18.2 Å². The number of ether oxygens (including phenoxy) is 2. The van der Waals surface area contributed by atoms with Crippen LogP contribution in [0.15, 0.2) is 47.5 Å². The van der Waals surface area contributed by atoms with Gasteiger partial charge in [0.15, 0.2) is 17.5 Å². The second kappa shape index (κ2) is 11.8. The van der Waals surface area contributed by atoms with Crippen LogP contribution in [0.25, 0.3) is 0 Å². The number of aryl methyl sites for hydroxylation is 1. The lowest BCUT2D eigenvalue weighted by Gasteiger charge is -2.22. The Hall–Kier alpha value is -2.89. The maximum absolute atomic E-state index is 9.36. The Morgan fingerprint density at radius 3 is 2.34 bits per heavy atom. The molecule has 0 heterocycles. The van der Waals surface area contributed by atoms with Crippen molar-refractivity contribution in [1.82, 2.24) is 10.2 Å². The molecule has 0 atom stereocenters. The van der Waals surface area contributed by atoms with Crippen LogP contribution in [-0.2, 0) is 12.8 Å². The van der Waals surface area contributed by atoms with Gasteiger partial charge in [-0.2, -0.15) is 0 Å². The van der Waals surface area contributed by atoms with Crippen molar-refractivity contribution in [3.05, 3.63) is 53.6 Å². The highest BCUT2D eigenvalue weighted by Crippen LogP contribution is 2.27. The second-order valence-corrected chi connectivity index (χ2v) is 6.87. The van der Waals surface area contributed by atoms with E-state index in [4.69, 9.17) is 14.5 Å². The van der Waals surface area contributed by atoms with Crippen molar-refractivity contribution in [2.45, 2.75) is 26.2 Å². The lowest BCUT2D eigenvalue weighted by molar-refractivity contribution is 0.354. The third kappa shape index (κ3) is 7.22. The number of phenolic OH excluding ortho intramolecular Hbond substituents is 1. The number of methoxy groups -OCH3 is 2. The van der Waals surface area contributed by atoms with E-state index in [1.54, 1.807) is 26.4 Å². The molecule has 0 unspecified atom stereocenters. The number of likely N-dealkylation sites (N-methyl/N-ethyl adjacent to an activating group) is 1. The topological polar surface area (TPSA) is 66.3 Å². The van der Waals surface area contributed by atoms with Gasteiger partial charge in [-0.05, 0) is 61.6 Å². The second-order valence-electron chi connectivity index (χ2n) is 6.87. The Morgan fingerprint density at radius 1 is 1.00 bits per heavy atom. The highest BCUT2D eigenvalue weighted by Gasteiger charge is 2.08. The lowest BCUT2D eigenvalue weighted by atomic mass is 10.1. The largest absolute Gasteiger partial charge is 0.508 e. The standard InChI is InChI=1S/C23H33N3O3/c1-5-24-23(25-15-6-7-18-8-11-20(27)12-9-18)26(2)16-14-19-10-13-21(28-3)22(17-19)29-4/h8-13,17,27H,5-7,14-16H2,1-4H3,(H,24,25). The van der Waals surface area contributed by atoms with E-state index in [2.05, 4.69) is 30.3 Å². The Morgan fingerprint density at radius 2 is 1.69 bits per heavy atom. The number of aromatic hydroxyl groups is 1. The Balaban J connectivity index is 1.88. The van der Waals surface area contributed by atoms with Crippen molar-refractivity contribution in [1.29, 1.82) is 0 Å². The van der Waals surface area contributed by atoms with Crippen molar-refractivity contribution >= 4 is 5.96 Å². The van der Waals surface area contributed by atoms with E-state index < -0.39 is 0 Å². The summed E-state index contributed by atoms with van der Waals surface area (Å²) in [7, 11) is 5.36. The number of hydrogen-bond acceptors (Lipinski definition) is 4. The summed E-state index contributed by atoms with van der Waals surface area (Å²) < 4.78 is 10.7.